The Morgan fingerprint density at radius 2 is 2.40 bits per heavy atom. The summed E-state index contributed by atoms with van der Waals surface area (Å²) in [6, 6.07) is 3.87. The first-order valence-corrected chi connectivity index (χ1v) is 7.21. The van der Waals surface area contributed by atoms with Gasteiger partial charge in [-0.2, -0.15) is 0 Å². The molecule has 2 aromatic rings. The van der Waals surface area contributed by atoms with Crippen LogP contribution in [-0.4, -0.2) is 45.8 Å². The number of sulfonamides is 1. The molecule has 0 unspecified atom stereocenters. The van der Waals surface area contributed by atoms with Crippen molar-refractivity contribution in [3.63, 3.8) is 0 Å². The van der Waals surface area contributed by atoms with Crippen LogP contribution in [0, 0.1) is 0 Å². The van der Waals surface area contributed by atoms with Crippen molar-refractivity contribution in [3.05, 3.63) is 35.5 Å². The van der Waals surface area contributed by atoms with Gasteiger partial charge < -0.3 is 9.88 Å². The van der Waals surface area contributed by atoms with Crippen molar-refractivity contribution in [2.75, 3.05) is 27.5 Å². The highest BCUT2D eigenvalue weighted by Gasteiger charge is 2.11. The lowest BCUT2D eigenvalue weighted by molar-refractivity contribution is 0.414. The smallest absolute Gasteiger partial charge is 0.215 e. The maximum Gasteiger partial charge on any atom is 0.215 e. The summed E-state index contributed by atoms with van der Waals surface area (Å²) in [7, 11) is -3.39. The number of nitrogens with zero attached hydrogens (tertiary/aromatic N) is 1. The number of aryl methyl sites for hydroxylation is 1. The normalized spacial score (nSPS) is 23.2. The van der Waals surface area contributed by atoms with Crippen LogP contribution in [0.15, 0.2) is 24.4 Å². The number of hydrogen-bond donors (Lipinski definition) is 2. The summed E-state index contributed by atoms with van der Waals surface area (Å²) >= 11 is 0. The zero-order valence-electron chi connectivity index (χ0n) is 21.6. The van der Waals surface area contributed by atoms with Crippen molar-refractivity contribution >= 4 is 20.9 Å². The Morgan fingerprint density at radius 3 is 3.15 bits per heavy atom. The molecule has 1 aromatic heterocycles. The highest BCUT2D eigenvalue weighted by molar-refractivity contribution is 7.88. The summed E-state index contributed by atoms with van der Waals surface area (Å²) in [5.74, 6) is -0.760. The van der Waals surface area contributed by atoms with E-state index in [-0.39, 0.29) is 21.4 Å². The average Bonchev–Trinajstić information content (AvgIpc) is 2.85. The minimum Gasteiger partial charge on any atom is -0.361 e. The number of aromatic amines is 1. The lowest BCUT2D eigenvalue weighted by Gasteiger charge is -2.08. The van der Waals surface area contributed by atoms with E-state index in [2.05, 4.69) is 4.98 Å². The number of H-pyrrole nitrogens is 1. The van der Waals surface area contributed by atoms with Gasteiger partial charge in [-0.05, 0) is 50.6 Å². The highest BCUT2D eigenvalue weighted by Crippen LogP contribution is 2.21. The van der Waals surface area contributed by atoms with Crippen LogP contribution in [0.5, 0.6) is 0 Å². The van der Waals surface area contributed by atoms with Crippen molar-refractivity contribution in [3.8, 4) is 0 Å². The van der Waals surface area contributed by atoms with E-state index in [1.807, 2.05) is 0 Å². The molecule has 2 N–H and O–H groups in total. The van der Waals surface area contributed by atoms with Gasteiger partial charge in [-0.1, -0.05) is 6.07 Å². The van der Waals surface area contributed by atoms with Crippen LogP contribution in [0.1, 0.15) is 26.2 Å². The molecule has 0 bridgehead atoms. The summed E-state index contributed by atoms with van der Waals surface area (Å²) in [6.07, 6.45) is -3.51. The van der Waals surface area contributed by atoms with Crippen LogP contribution in [0.4, 0.5) is 0 Å². The first-order chi connectivity index (χ1) is 13.7. The highest BCUT2D eigenvalue weighted by atomic mass is 32.2. The molecule has 0 amide bonds. The fraction of sp³-hybridized carbons (Fsp3) is 0.429. The second-order valence-electron chi connectivity index (χ2n) is 4.16. The minimum atomic E-state index is -4.28. The van der Waals surface area contributed by atoms with Gasteiger partial charge in [0.05, 0.1) is 7.12 Å². The summed E-state index contributed by atoms with van der Waals surface area (Å²) in [5, 5.41) is -0.0283. The van der Waals surface area contributed by atoms with E-state index < -0.39 is 54.3 Å². The first kappa shape index (κ1) is 6.17. The van der Waals surface area contributed by atoms with Crippen LogP contribution in [0.2, 0.25) is 0 Å². The SMILES string of the molecule is [2H]c1[nH]c2ccc(CS(=O)(=O)NC([2H])([2H])[2H])cc2c1C([2H])([2H])C([2H])([2H])N(C)C([2H])([2H])[2H]. The molecule has 0 saturated heterocycles. The third-order valence-corrected chi connectivity index (χ3v) is 3.56. The third-order valence-electron chi connectivity index (χ3n) is 2.54. The molecule has 0 fully saturated rings. The zero-order chi connectivity index (χ0) is 24.2. The molecule has 0 aliphatic rings. The first-order valence-electron chi connectivity index (χ1n) is 11.1. The molecule has 110 valence electrons. The predicted octanol–water partition coefficient (Wildman–Crippen LogP) is 1.32. The maximum atomic E-state index is 12.1. The number of fused-ring (bicyclic) bond motifs is 1. The lowest BCUT2D eigenvalue weighted by atomic mass is 10.1. The number of nitrogens with one attached hydrogen (secondary N) is 2. The van der Waals surface area contributed by atoms with Gasteiger partial charge in [0.1, 0.15) is 0 Å². The summed E-state index contributed by atoms with van der Waals surface area (Å²) in [6.45, 7) is -8.98. The van der Waals surface area contributed by atoms with Crippen molar-refractivity contribution in [2.24, 2.45) is 0 Å². The van der Waals surface area contributed by atoms with Crippen LogP contribution in [0.25, 0.3) is 10.9 Å². The van der Waals surface area contributed by atoms with E-state index in [0.717, 1.165) is 7.05 Å². The van der Waals surface area contributed by atoms with Gasteiger partial charge in [0.15, 0.2) is 0 Å². The number of likely N-dealkylation sites (N-methyl/N-ethyl adjacent to an activating group) is 1. The standard InChI is InChI=1S/C14H21N3O2S/c1-15-20(18,19)10-11-4-5-14-13(8-11)12(9-16-14)6-7-17(2)3/h4-5,8-9,15-16H,6-7,10H2,1-3H3/i1D3,2D3,6D2,7D2,9D. The van der Waals surface area contributed by atoms with Gasteiger partial charge in [0.25, 0.3) is 0 Å². The topological polar surface area (TPSA) is 65.2 Å². The molecule has 2 rings (SSSR count). The molecule has 0 saturated carbocycles. The maximum absolute atomic E-state index is 12.1. The summed E-state index contributed by atoms with van der Waals surface area (Å²) in [5.41, 5.74) is -0.238. The summed E-state index contributed by atoms with van der Waals surface area (Å²) in [4.78, 5) is 2.80. The average molecular weight is 306 g/mol. The Labute approximate surface area is 135 Å². The Kier molecular flexibility index (Phi) is 1.84. The molecule has 6 heteroatoms. The fourth-order valence-corrected chi connectivity index (χ4v) is 2.38. The van der Waals surface area contributed by atoms with Gasteiger partial charge in [-0.15, -0.1) is 0 Å². The Morgan fingerprint density at radius 1 is 1.55 bits per heavy atom. The number of benzene rings is 1. The molecule has 0 spiro atoms. The van der Waals surface area contributed by atoms with Gasteiger partial charge in [0.2, 0.25) is 10.0 Å². The Hall–Kier alpha value is -1.37. The number of hydrogen-bond acceptors (Lipinski definition) is 3. The molecule has 1 aromatic carbocycles. The molecular weight excluding hydrogens is 274 g/mol. The molecule has 0 aliphatic heterocycles. The predicted molar refractivity (Wildman–Crippen MR) is 82.2 cm³/mol. The van der Waals surface area contributed by atoms with Crippen molar-refractivity contribution < 1.29 is 23.5 Å². The van der Waals surface area contributed by atoms with Crippen LogP contribution in [-0.2, 0) is 22.1 Å². The van der Waals surface area contributed by atoms with E-state index in [1.54, 1.807) is 0 Å². The molecule has 1 heterocycles. The largest absolute Gasteiger partial charge is 0.361 e. The van der Waals surface area contributed by atoms with E-state index in [4.69, 9.17) is 15.1 Å². The number of aromatic nitrogens is 1. The fourth-order valence-electron chi connectivity index (χ4n) is 1.69. The molecular formula is C14H21N3O2S. The van der Waals surface area contributed by atoms with Gasteiger partial charge >= 0.3 is 0 Å². The second-order valence-corrected chi connectivity index (χ2v) is 5.88. The lowest BCUT2D eigenvalue weighted by Crippen LogP contribution is -2.20. The molecule has 20 heavy (non-hydrogen) atoms. The molecule has 0 aliphatic carbocycles. The van der Waals surface area contributed by atoms with Crippen molar-refractivity contribution in [1.82, 2.24) is 14.6 Å². The monoisotopic (exact) mass is 306 g/mol. The van der Waals surface area contributed by atoms with Gasteiger partial charge in [-0.3, -0.25) is 0 Å². The quantitative estimate of drug-likeness (QED) is 0.846. The summed E-state index contributed by atoms with van der Waals surface area (Å²) < 4.78 is 110. The Balaban J connectivity index is 2.59. The number of rotatable bonds is 6. The molecule has 5 nitrogen and oxygen atoms in total. The molecule has 0 radical (unpaired) electrons. The zero-order valence-corrected chi connectivity index (χ0v) is 11.4. The van der Waals surface area contributed by atoms with E-state index in [9.17, 15) is 8.42 Å². The van der Waals surface area contributed by atoms with Crippen molar-refractivity contribution in [2.45, 2.75) is 12.1 Å². The van der Waals surface area contributed by atoms with Gasteiger partial charge in [-0.25, -0.2) is 13.1 Å². The third kappa shape index (κ3) is 3.59. The Bertz CT molecular complexity index is 1070. The van der Waals surface area contributed by atoms with Crippen LogP contribution >= 0.6 is 0 Å². The van der Waals surface area contributed by atoms with Gasteiger partial charge in [0, 0.05) is 37.3 Å². The molecule has 0 atom stereocenters. The van der Waals surface area contributed by atoms with Crippen LogP contribution in [0.3, 0.4) is 0 Å². The van der Waals surface area contributed by atoms with Crippen LogP contribution < -0.4 is 4.72 Å². The van der Waals surface area contributed by atoms with E-state index >= 15 is 0 Å². The van der Waals surface area contributed by atoms with E-state index in [0.29, 0.717) is 0 Å². The van der Waals surface area contributed by atoms with Crippen molar-refractivity contribution in [1.29, 1.82) is 0 Å². The minimum absolute atomic E-state index is 0.0283. The van der Waals surface area contributed by atoms with E-state index in [1.165, 1.54) is 22.9 Å². The second kappa shape index (κ2) is 5.95.